The Morgan fingerprint density at radius 2 is 1.93 bits per heavy atom. The smallest absolute Gasteiger partial charge is 0.351 e. The molecule has 4 aromatic rings. The summed E-state index contributed by atoms with van der Waals surface area (Å²) in [4.78, 5) is 15.7. The Morgan fingerprint density at radius 1 is 1.17 bits per heavy atom. The van der Waals surface area contributed by atoms with Gasteiger partial charge in [-0.1, -0.05) is 49.6 Å². The molecular weight excluding hydrogens is 546 g/mol. The van der Waals surface area contributed by atoms with Crippen LogP contribution in [0, 0.1) is 23.1 Å². The Hall–Kier alpha value is -4.46. The summed E-state index contributed by atoms with van der Waals surface area (Å²) in [7, 11) is 0. The minimum Gasteiger partial charge on any atom is -0.351 e. The fourth-order valence-corrected chi connectivity index (χ4v) is 5.15. The highest BCUT2D eigenvalue weighted by Gasteiger charge is 2.30. The van der Waals surface area contributed by atoms with Gasteiger partial charge in [-0.25, -0.2) is 4.39 Å². The Morgan fingerprint density at radius 3 is 2.55 bits per heavy atom. The molecule has 2 aromatic carbocycles. The number of alkyl halides is 3. The lowest BCUT2D eigenvalue weighted by Gasteiger charge is -2.30. The van der Waals surface area contributed by atoms with Gasteiger partial charge in [0.05, 0.1) is 18.2 Å². The van der Waals surface area contributed by atoms with Crippen LogP contribution in [0.2, 0.25) is 0 Å². The molecule has 1 saturated carbocycles. The molecule has 0 aliphatic heterocycles. The van der Waals surface area contributed by atoms with Crippen LogP contribution in [0.15, 0.2) is 61.2 Å². The van der Waals surface area contributed by atoms with E-state index in [1.165, 1.54) is 43.5 Å². The van der Waals surface area contributed by atoms with Crippen molar-refractivity contribution in [2.45, 2.75) is 51.4 Å². The summed E-state index contributed by atoms with van der Waals surface area (Å²) in [6.07, 6.45) is 1.86. The van der Waals surface area contributed by atoms with Gasteiger partial charge in [0.15, 0.2) is 11.5 Å². The van der Waals surface area contributed by atoms with E-state index >= 15 is 0 Å². The third-order valence-electron chi connectivity index (χ3n) is 7.68. The number of fused-ring (bicyclic) bond motifs is 1. The second kappa shape index (κ2) is 12.2. The van der Waals surface area contributed by atoms with Crippen LogP contribution in [0.25, 0.3) is 11.2 Å². The van der Waals surface area contributed by atoms with E-state index in [2.05, 4.69) is 21.9 Å². The van der Waals surface area contributed by atoms with E-state index in [4.69, 9.17) is 4.98 Å². The summed E-state index contributed by atoms with van der Waals surface area (Å²) in [6.45, 7) is 7.06. The van der Waals surface area contributed by atoms with Crippen LogP contribution in [0.1, 0.15) is 61.2 Å². The highest BCUT2D eigenvalue weighted by molar-refractivity contribution is 5.87. The standard InChI is InChI=1S/C31H31F4N7/c1-3-15-41(16-14-21-6-4-7-21)29-27-28(38-26(18-36)39-29)40-30(37-20(2)23-8-5-9-25(32)17-23)42(27)19-22-10-12-24(13-11-22)31(33,34)35/h3,5,8-13,17,20-21H,1,4,6-7,14-16,19H2,2H3,(H,37,38,39,40). The van der Waals surface area contributed by atoms with Crippen LogP contribution in [-0.2, 0) is 12.7 Å². The van der Waals surface area contributed by atoms with Gasteiger partial charge in [0, 0.05) is 13.1 Å². The first kappa shape index (κ1) is 29.0. The minimum absolute atomic E-state index is 0.0425. The number of nitriles is 1. The average molecular weight is 578 g/mol. The zero-order chi connectivity index (χ0) is 29.9. The molecule has 11 heteroatoms. The van der Waals surface area contributed by atoms with Crippen LogP contribution in [0.4, 0.5) is 29.3 Å². The van der Waals surface area contributed by atoms with E-state index in [1.807, 2.05) is 22.5 Å². The molecule has 2 aromatic heterocycles. The van der Waals surface area contributed by atoms with E-state index in [9.17, 15) is 22.8 Å². The summed E-state index contributed by atoms with van der Waals surface area (Å²) in [5.41, 5.74) is 1.36. The van der Waals surface area contributed by atoms with Gasteiger partial charge < -0.3 is 14.8 Å². The van der Waals surface area contributed by atoms with Crippen molar-refractivity contribution in [2.24, 2.45) is 5.92 Å². The van der Waals surface area contributed by atoms with Crippen molar-refractivity contribution in [1.82, 2.24) is 19.5 Å². The molecule has 0 radical (unpaired) electrons. The highest BCUT2D eigenvalue weighted by atomic mass is 19.4. The highest BCUT2D eigenvalue weighted by Crippen LogP contribution is 2.34. The number of aromatic nitrogens is 4. The molecule has 1 unspecified atom stereocenters. The molecule has 1 fully saturated rings. The van der Waals surface area contributed by atoms with Crippen LogP contribution in [0.3, 0.4) is 0 Å². The summed E-state index contributed by atoms with van der Waals surface area (Å²) in [5.74, 6) is 1.08. The molecule has 7 nitrogen and oxygen atoms in total. The number of anilines is 2. The molecule has 1 aliphatic carbocycles. The normalized spacial score (nSPS) is 14.3. The maximum atomic E-state index is 14.0. The topological polar surface area (TPSA) is 82.7 Å². The lowest BCUT2D eigenvalue weighted by molar-refractivity contribution is -0.137. The molecule has 1 atom stereocenters. The van der Waals surface area contributed by atoms with Crippen molar-refractivity contribution in [3.63, 3.8) is 0 Å². The van der Waals surface area contributed by atoms with E-state index in [0.717, 1.165) is 18.6 Å². The Labute approximate surface area is 241 Å². The molecule has 1 N–H and O–H groups in total. The van der Waals surface area contributed by atoms with Gasteiger partial charge in [0.1, 0.15) is 17.4 Å². The summed E-state index contributed by atoms with van der Waals surface area (Å²) < 4.78 is 55.5. The Kier molecular flexibility index (Phi) is 8.43. The monoisotopic (exact) mass is 577 g/mol. The molecule has 218 valence electrons. The summed E-state index contributed by atoms with van der Waals surface area (Å²) in [5, 5.41) is 13.0. The van der Waals surface area contributed by atoms with Crippen LogP contribution < -0.4 is 10.2 Å². The van der Waals surface area contributed by atoms with Gasteiger partial charge in [0.2, 0.25) is 11.8 Å². The third kappa shape index (κ3) is 6.38. The van der Waals surface area contributed by atoms with Crippen molar-refractivity contribution in [1.29, 1.82) is 5.26 Å². The van der Waals surface area contributed by atoms with Crippen LogP contribution in [0.5, 0.6) is 0 Å². The molecule has 0 amide bonds. The second-order valence-corrected chi connectivity index (χ2v) is 10.6. The number of hydrogen-bond donors (Lipinski definition) is 1. The maximum Gasteiger partial charge on any atom is 0.416 e. The number of nitrogens with one attached hydrogen (secondary N) is 1. The predicted octanol–water partition coefficient (Wildman–Crippen LogP) is 7.26. The van der Waals surface area contributed by atoms with Crippen molar-refractivity contribution in [3.05, 3.63) is 89.5 Å². The number of hydrogen-bond acceptors (Lipinski definition) is 6. The van der Waals surface area contributed by atoms with Gasteiger partial charge in [-0.3, -0.25) is 0 Å². The van der Waals surface area contributed by atoms with Gasteiger partial charge >= 0.3 is 6.18 Å². The maximum absolute atomic E-state index is 14.0. The van der Waals surface area contributed by atoms with Crippen molar-refractivity contribution < 1.29 is 17.6 Å². The molecule has 0 spiro atoms. The summed E-state index contributed by atoms with van der Waals surface area (Å²) >= 11 is 0. The van der Waals surface area contributed by atoms with Crippen molar-refractivity contribution in [2.75, 3.05) is 23.3 Å². The Bertz CT molecular complexity index is 1600. The molecule has 0 bridgehead atoms. The number of halogens is 4. The first-order valence-electron chi connectivity index (χ1n) is 13.9. The van der Waals surface area contributed by atoms with E-state index in [-0.39, 0.29) is 29.9 Å². The van der Waals surface area contributed by atoms with Gasteiger partial charge in [0.25, 0.3) is 0 Å². The quantitative estimate of drug-likeness (QED) is 0.149. The van der Waals surface area contributed by atoms with E-state index in [1.54, 1.807) is 18.2 Å². The number of nitrogens with zero attached hydrogens (tertiary/aromatic N) is 6. The van der Waals surface area contributed by atoms with E-state index in [0.29, 0.717) is 47.4 Å². The largest absolute Gasteiger partial charge is 0.416 e. The second-order valence-electron chi connectivity index (χ2n) is 10.6. The minimum atomic E-state index is -4.45. The summed E-state index contributed by atoms with van der Waals surface area (Å²) in [6, 6.07) is 12.8. The molecule has 1 aliphatic rings. The van der Waals surface area contributed by atoms with Crippen molar-refractivity contribution >= 4 is 22.9 Å². The molecule has 5 rings (SSSR count). The number of imidazole rings is 1. The van der Waals surface area contributed by atoms with Gasteiger partial charge in [-0.2, -0.15) is 33.4 Å². The molecular formula is C31H31F4N7. The SMILES string of the molecule is C=CCN(CCC1CCC1)c1nc(C#N)nc2nc(NC(C)c3cccc(F)c3)n(Cc3ccc(C(F)(F)F)cc3)c12. The molecule has 42 heavy (non-hydrogen) atoms. The van der Waals surface area contributed by atoms with Crippen LogP contribution in [-0.4, -0.2) is 32.6 Å². The van der Waals surface area contributed by atoms with Gasteiger partial charge in [-0.05, 0) is 54.7 Å². The first-order chi connectivity index (χ1) is 20.2. The lowest BCUT2D eigenvalue weighted by atomic mass is 9.83. The van der Waals surface area contributed by atoms with Gasteiger partial charge in [-0.15, -0.1) is 6.58 Å². The zero-order valence-corrected chi connectivity index (χ0v) is 23.2. The average Bonchev–Trinajstić information content (AvgIpc) is 3.27. The van der Waals surface area contributed by atoms with Crippen molar-refractivity contribution in [3.8, 4) is 6.07 Å². The Balaban J connectivity index is 1.62. The van der Waals surface area contributed by atoms with Crippen LogP contribution >= 0.6 is 0 Å². The van der Waals surface area contributed by atoms with E-state index < -0.39 is 11.7 Å². The molecule has 0 saturated heterocycles. The fraction of sp³-hybridized carbons (Fsp3) is 0.355. The number of rotatable bonds is 11. The zero-order valence-electron chi connectivity index (χ0n) is 23.2. The number of benzene rings is 2. The first-order valence-corrected chi connectivity index (χ1v) is 13.9. The third-order valence-corrected chi connectivity index (χ3v) is 7.68. The fourth-order valence-electron chi connectivity index (χ4n) is 5.15. The predicted molar refractivity (Wildman–Crippen MR) is 153 cm³/mol. The molecule has 2 heterocycles. The lowest BCUT2D eigenvalue weighted by Crippen LogP contribution is -2.29.